The summed E-state index contributed by atoms with van der Waals surface area (Å²) in [6.45, 7) is 1.31. The number of aromatic amines is 1. The minimum Gasteiger partial charge on any atom is -0.356 e. The van der Waals surface area contributed by atoms with E-state index in [1.807, 2.05) is 43.3 Å². The maximum Gasteiger partial charge on any atom is 0.267 e. The predicted molar refractivity (Wildman–Crippen MR) is 117 cm³/mol. The molecule has 1 aliphatic rings. The van der Waals surface area contributed by atoms with Crippen LogP contribution in [0.3, 0.4) is 0 Å². The van der Waals surface area contributed by atoms with Crippen LogP contribution in [0.2, 0.25) is 5.02 Å². The van der Waals surface area contributed by atoms with Crippen LogP contribution in [-0.2, 0) is 10.0 Å². The molecule has 0 bridgehead atoms. The number of halogens is 1. The second-order valence-corrected chi connectivity index (χ2v) is 10.5. The zero-order valence-corrected chi connectivity index (χ0v) is 18.8. The summed E-state index contributed by atoms with van der Waals surface area (Å²) in [5, 5.41) is 3.50. The summed E-state index contributed by atoms with van der Waals surface area (Å²) in [5.74, 6) is 1.20. The predicted octanol–water partition coefficient (Wildman–Crippen LogP) is 2.44. The standard InChI is InChI=1S/C19H25ClN4O3S2/c1-23(2)18(15-5-3-4-6-16(15)20)13-22-19(25)17-11-14(12-21-17)29(26,27)24-7-9-28-10-8-24/h3-6,11-12,18,21H,7-10,13H2,1-2H3,(H,22,25). The van der Waals surface area contributed by atoms with Crippen LogP contribution in [0, 0.1) is 0 Å². The van der Waals surface area contributed by atoms with Crippen molar-refractivity contribution >= 4 is 39.3 Å². The molecule has 158 valence electrons. The van der Waals surface area contributed by atoms with E-state index in [1.54, 1.807) is 11.8 Å². The van der Waals surface area contributed by atoms with Gasteiger partial charge in [0.25, 0.3) is 5.91 Å². The first-order valence-electron chi connectivity index (χ1n) is 9.26. The zero-order chi connectivity index (χ0) is 21.0. The summed E-state index contributed by atoms with van der Waals surface area (Å²) in [6.07, 6.45) is 1.38. The van der Waals surface area contributed by atoms with Crippen molar-refractivity contribution in [3.05, 3.63) is 52.8 Å². The monoisotopic (exact) mass is 456 g/mol. The van der Waals surface area contributed by atoms with Gasteiger partial charge in [0.15, 0.2) is 0 Å². The Bertz CT molecular complexity index is 956. The third-order valence-corrected chi connectivity index (χ3v) is 8.02. The van der Waals surface area contributed by atoms with Crippen LogP contribution in [0.5, 0.6) is 0 Å². The number of amides is 1. The Hall–Kier alpha value is -1.52. The molecule has 10 heteroatoms. The molecule has 2 aromatic rings. The van der Waals surface area contributed by atoms with Gasteiger partial charge in [-0.15, -0.1) is 0 Å². The van der Waals surface area contributed by atoms with Crippen LogP contribution in [0.1, 0.15) is 22.1 Å². The molecule has 0 spiro atoms. The second-order valence-electron chi connectivity index (χ2n) is 6.98. The van der Waals surface area contributed by atoms with Crippen molar-refractivity contribution in [3.8, 4) is 0 Å². The molecule has 7 nitrogen and oxygen atoms in total. The lowest BCUT2D eigenvalue weighted by Gasteiger charge is -2.26. The first-order chi connectivity index (χ1) is 13.8. The van der Waals surface area contributed by atoms with Gasteiger partial charge in [0.1, 0.15) is 10.6 Å². The fraction of sp³-hybridized carbons (Fsp3) is 0.421. The van der Waals surface area contributed by atoms with E-state index >= 15 is 0 Å². The Morgan fingerprint density at radius 3 is 2.66 bits per heavy atom. The van der Waals surface area contributed by atoms with Crippen LogP contribution < -0.4 is 5.32 Å². The molecular weight excluding hydrogens is 432 g/mol. The van der Waals surface area contributed by atoms with Crippen LogP contribution in [0.4, 0.5) is 0 Å². The SMILES string of the molecule is CN(C)C(CNC(=O)c1cc(S(=O)(=O)N2CCSCC2)c[nH]1)c1ccccc1Cl. The van der Waals surface area contributed by atoms with Gasteiger partial charge in [-0.3, -0.25) is 4.79 Å². The molecule has 0 aliphatic carbocycles. The molecule has 1 aromatic heterocycles. The fourth-order valence-electron chi connectivity index (χ4n) is 3.19. The van der Waals surface area contributed by atoms with Crippen molar-refractivity contribution in [2.75, 3.05) is 45.2 Å². The van der Waals surface area contributed by atoms with Crippen molar-refractivity contribution < 1.29 is 13.2 Å². The zero-order valence-electron chi connectivity index (χ0n) is 16.4. The smallest absolute Gasteiger partial charge is 0.267 e. The number of hydrogen-bond donors (Lipinski definition) is 2. The summed E-state index contributed by atoms with van der Waals surface area (Å²) in [7, 11) is 0.241. The van der Waals surface area contributed by atoms with E-state index in [0.717, 1.165) is 17.1 Å². The molecule has 1 unspecified atom stereocenters. The van der Waals surface area contributed by atoms with Gasteiger partial charge < -0.3 is 15.2 Å². The minimum atomic E-state index is -3.58. The Morgan fingerprint density at radius 2 is 2.00 bits per heavy atom. The Labute approximate surface area is 180 Å². The lowest BCUT2D eigenvalue weighted by atomic mass is 10.1. The number of carbonyl (C=O) groups excluding carboxylic acids is 1. The van der Waals surface area contributed by atoms with Gasteiger partial charge >= 0.3 is 0 Å². The number of benzene rings is 1. The highest BCUT2D eigenvalue weighted by molar-refractivity contribution is 7.99. The molecule has 0 saturated carbocycles. The highest BCUT2D eigenvalue weighted by Crippen LogP contribution is 2.26. The minimum absolute atomic E-state index is 0.114. The van der Waals surface area contributed by atoms with E-state index in [1.165, 1.54) is 16.6 Å². The van der Waals surface area contributed by atoms with Crippen LogP contribution in [0.15, 0.2) is 41.4 Å². The van der Waals surface area contributed by atoms with E-state index in [0.29, 0.717) is 24.7 Å². The van der Waals surface area contributed by atoms with E-state index in [2.05, 4.69) is 10.3 Å². The number of H-pyrrole nitrogens is 1. The third kappa shape index (κ3) is 5.16. The molecule has 1 aromatic carbocycles. The molecule has 3 rings (SSSR count). The number of nitrogens with one attached hydrogen (secondary N) is 2. The molecule has 2 heterocycles. The summed E-state index contributed by atoms with van der Waals surface area (Å²) in [6, 6.07) is 8.79. The highest BCUT2D eigenvalue weighted by atomic mass is 35.5. The maximum absolute atomic E-state index is 12.7. The van der Waals surface area contributed by atoms with Crippen molar-refractivity contribution in [1.29, 1.82) is 0 Å². The van der Waals surface area contributed by atoms with Crippen LogP contribution in [0.25, 0.3) is 0 Å². The highest BCUT2D eigenvalue weighted by Gasteiger charge is 2.28. The summed E-state index contributed by atoms with van der Waals surface area (Å²) in [4.78, 5) is 17.5. The number of nitrogens with zero attached hydrogens (tertiary/aromatic N) is 2. The lowest BCUT2D eigenvalue weighted by Crippen LogP contribution is -2.37. The number of carbonyl (C=O) groups is 1. The fourth-order valence-corrected chi connectivity index (χ4v) is 6.02. The summed E-state index contributed by atoms with van der Waals surface area (Å²) < 4.78 is 27.0. The van der Waals surface area contributed by atoms with E-state index < -0.39 is 10.0 Å². The number of thioether (sulfide) groups is 1. The number of likely N-dealkylation sites (N-methyl/N-ethyl adjacent to an activating group) is 1. The van der Waals surface area contributed by atoms with Gasteiger partial charge in [0.05, 0.1) is 6.04 Å². The van der Waals surface area contributed by atoms with Gasteiger partial charge in [0.2, 0.25) is 10.0 Å². The van der Waals surface area contributed by atoms with Gasteiger partial charge in [-0.1, -0.05) is 29.8 Å². The molecule has 1 amide bonds. The number of sulfonamides is 1. The van der Waals surface area contributed by atoms with Crippen molar-refractivity contribution in [3.63, 3.8) is 0 Å². The summed E-state index contributed by atoms with van der Waals surface area (Å²) in [5.41, 5.74) is 1.13. The first kappa shape index (κ1) is 22.2. The molecule has 1 aliphatic heterocycles. The lowest BCUT2D eigenvalue weighted by molar-refractivity contribution is 0.0937. The topological polar surface area (TPSA) is 85.5 Å². The molecule has 1 atom stereocenters. The second kappa shape index (κ2) is 9.53. The molecule has 1 saturated heterocycles. The molecule has 2 N–H and O–H groups in total. The number of rotatable bonds is 7. The quantitative estimate of drug-likeness (QED) is 0.668. The van der Waals surface area contributed by atoms with E-state index in [9.17, 15) is 13.2 Å². The van der Waals surface area contributed by atoms with Crippen LogP contribution >= 0.6 is 23.4 Å². The van der Waals surface area contributed by atoms with E-state index in [4.69, 9.17) is 11.6 Å². The molecular formula is C19H25ClN4O3S2. The van der Waals surface area contributed by atoms with Gasteiger partial charge in [-0.2, -0.15) is 16.1 Å². The average molecular weight is 457 g/mol. The Kier molecular flexibility index (Phi) is 7.28. The van der Waals surface area contributed by atoms with Crippen molar-refractivity contribution in [1.82, 2.24) is 19.5 Å². The van der Waals surface area contributed by atoms with Gasteiger partial charge in [-0.25, -0.2) is 8.42 Å². The Morgan fingerprint density at radius 1 is 1.31 bits per heavy atom. The summed E-state index contributed by atoms with van der Waals surface area (Å²) >= 11 is 8.04. The molecule has 0 radical (unpaired) electrons. The van der Waals surface area contributed by atoms with Crippen LogP contribution in [-0.4, -0.2) is 73.7 Å². The third-order valence-electron chi connectivity index (χ3n) is 4.85. The number of aromatic nitrogens is 1. The maximum atomic E-state index is 12.7. The van der Waals surface area contributed by atoms with Gasteiger partial charge in [0, 0.05) is 42.4 Å². The first-order valence-corrected chi connectivity index (χ1v) is 12.2. The van der Waals surface area contributed by atoms with Crippen molar-refractivity contribution in [2.24, 2.45) is 0 Å². The number of hydrogen-bond acceptors (Lipinski definition) is 5. The molecule has 1 fully saturated rings. The molecule has 29 heavy (non-hydrogen) atoms. The van der Waals surface area contributed by atoms with Gasteiger partial charge in [-0.05, 0) is 31.8 Å². The van der Waals surface area contributed by atoms with Crippen molar-refractivity contribution in [2.45, 2.75) is 10.9 Å². The Balaban J connectivity index is 1.69. The largest absolute Gasteiger partial charge is 0.356 e. The normalized spacial score (nSPS) is 16.7. The van der Waals surface area contributed by atoms with E-state index in [-0.39, 0.29) is 22.5 Å². The average Bonchev–Trinajstić information content (AvgIpc) is 3.21.